The Morgan fingerprint density at radius 3 is 2.26 bits per heavy atom. The number of carbonyl (C=O) groups excluding carboxylic acids is 1. The molecule has 1 aliphatic rings. The summed E-state index contributed by atoms with van der Waals surface area (Å²) in [5, 5.41) is 0. The molecule has 1 heterocycles. The van der Waals surface area contributed by atoms with Crippen molar-refractivity contribution in [1.29, 1.82) is 0 Å². The molecule has 0 saturated carbocycles. The SMILES string of the molecule is CCCCCCCCCC1CCN(C(=O)OC(C)(C)C)CC1C. The van der Waals surface area contributed by atoms with Gasteiger partial charge in [-0.3, -0.25) is 0 Å². The topological polar surface area (TPSA) is 29.5 Å². The Labute approximate surface area is 144 Å². The molecule has 1 saturated heterocycles. The van der Waals surface area contributed by atoms with Gasteiger partial charge in [0.1, 0.15) is 5.60 Å². The highest BCUT2D eigenvalue weighted by Gasteiger charge is 2.30. The fourth-order valence-electron chi connectivity index (χ4n) is 3.48. The molecule has 136 valence electrons. The average Bonchev–Trinajstić information content (AvgIpc) is 2.46. The van der Waals surface area contributed by atoms with E-state index in [1.54, 1.807) is 0 Å². The molecule has 1 rings (SSSR count). The second-order valence-electron chi connectivity index (χ2n) is 8.36. The number of nitrogens with zero attached hydrogens (tertiary/aromatic N) is 1. The van der Waals surface area contributed by atoms with Crippen LogP contribution < -0.4 is 0 Å². The van der Waals surface area contributed by atoms with Gasteiger partial charge in [-0.05, 0) is 39.0 Å². The number of likely N-dealkylation sites (tertiary alicyclic amines) is 1. The third-order valence-corrected chi connectivity index (χ3v) is 4.91. The summed E-state index contributed by atoms with van der Waals surface area (Å²) in [6.45, 7) is 12.1. The van der Waals surface area contributed by atoms with Crippen LogP contribution in [-0.2, 0) is 4.74 Å². The van der Waals surface area contributed by atoms with Gasteiger partial charge < -0.3 is 9.64 Å². The van der Waals surface area contributed by atoms with Gasteiger partial charge in [0.25, 0.3) is 0 Å². The van der Waals surface area contributed by atoms with Crippen molar-refractivity contribution < 1.29 is 9.53 Å². The summed E-state index contributed by atoms with van der Waals surface area (Å²) < 4.78 is 5.49. The zero-order valence-electron chi connectivity index (χ0n) is 16.2. The van der Waals surface area contributed by atoms with Crippen LogP contribution in [0.25, 0.3) is 0 Å². The van der Waals surface area contributed by atoms with E-state index in [1.165, 1.54) is 51.4 Å². The Morgan fingerprint density at radius 1 is 1.09 bits per heavy atom. The van der Waals surface area contributed by atoms with Gasteiger partial charge in [0.2, 0.25) is 0 Å². The molecular formula is C20H39NO2. The Hall–Kier alpha value is -0.730. The van der Waals surface area contributed by atoms with E-state index in [2.05, 4.69) is 13.8 Å². The van der Waals surface area contributed by atoms with E-state index in [0.717, 1.165) is 25.4 Å². The molecule has 1 fully saturated rings. The monoisotopic (exact) mass is 325 g/mol. The highest BCUT2D eigenvalue weighted by atomic mass is 16.6. The number of unbranched alkanes of at least 4 members (excludes halogenated alkanes) is 6. The van der Waals surface area contributed by atoms with Crippen LogP contribution in [0.5, 0.6) is 0 Å². The van der Waals surface area contributed by atoms with Crippen molar-refractivity contribution in [3.63, 3.8) is 0 Å². The second kappa shape index (κ2) is 10.2. The number of hydrogen-bond donors (Lipinski definition) is 0. The van der Waals surface area contributed by atoms with Crippen LogP contribution in [0.3, 0.4) is 0 Å². The molecular weight excluding hydrogens is 286 g/mol. The third kappa shape index (κ3) is 8.62. The van der Waals surface area contributed by atoms with Gasteiger partial charge in [-0.15, -0.1) is 0 Å². The molecule has 0 aliphatic carbocycles. The minimum absolute atomic E-state index is 0.140. The first-order valence-corrected chi connectivity index (χ1v) is 9.81. The number of piperidine rings is 1. The van der Waals surface area contributed by atoms with Crippen LogP contribution in [-0.4, -0.2) is 29.7 Å². The number of amides is 1. The number of hydrogen-bond acceptors (Lipinski definition) is 2. The normalized spacial score (nSPS) is 22.2. The molecule has 0 spiro atoms. The van der Waals surface area contributed by atoms with Crippen LogP contribution in [0.2, 0.25) is 0 Å². The van der Waals surface area contributed by atoms with Crippen molar-refractivity contribution in [2.24, 2.45) is 11.8 Å². The van der Waals surface area contributed by atoms with E-state index in [9.17, 15) is 4.79 Å². The number of ether oxygens (including phenoxy) is 1. The third-order valence-electron chi connectivity index (χ3n) is 4.91. The molecule has 0 aromatic rings. The minimum Gasteiger partial charge on any atom is -0.444 e. The summed E-state index contributed by atoms with van der Waals surface area (Å²) in [5.74, 6) is 1.38. The molecule has 1 amide bonds. The summed E-state index contributed by atoms with van der Waals surface area (Å²) in [7, 11) is 0. The largest absolute Gasteiger partial charge is 0.444 e. The predicted molar refractivity (Wildman–Crippen MR) is 97.7 cm³/mol. The van der Waals surface area contributed by atoms with Crippen molar-refractivity contribution in [3.05, 3.63) is 0 Å². The Morgan fingerprint density at radius 2 is 1.70 bits per heavy atom. The lowest BCUT2D eigenvalue weighted by molar-refractivity contribution is 0.0109. The van der Waals surface area contributed by atoms with Crippen molar-refractivity contribution in [1.82, 2.24) is 4.90 Å². The molecule has 0 bridgehead atoms. The van der Waals surface area contributed by atoms with E-state index >= 15 is 0 Å². The predicted octanol–water partition coefficient (Wildman–Crippen LogP) is 6.02. The summed E-state index contributed by atoms with van der Waals surface area (Å²) in [4.78, 5) is 14.1. The van der Waals surface area contributed by atoms with Gasteiger partial charge >= 0.3 is 6.09 Å². The van der Waals surface area contributed by atoms with Gasteiger partial charge in [0.05, 0.1) is 0 Å². The minimum atomic E-state index is -0.394. The van der Waals surface area contributed by atoms with Crippen LogP contribution in [0.4, 0.5) is 4.79 Å². The molecule has 3 heteroatoms. The lowest BCUT2D eigenvalue weighted by atomic mass is 9.83. The highest BCUT2D eigenvalue weighted by molar-refractivity contribution is 5.68. The Kier molecular flexibility index (Phi) is 9.01. The van der Waals surface area contributed by atoms with Gasteiger partial charge in [-0.1, -0.05) is 65.2 Å². The number of carbonyl (C=O) groups is 1. The first-order chi connectivity index (χ1) is 10.8. The van der Waals surface area contributed by atoms with Crippen molar-refractivity contribution in [2.45, 2.75) is 98.0 Å². The molecule has 0 radical (unpaired) electrons. The summed E-state index contributed by atoms with van der Waals surface area (Å²) in [5.41, 5.74) is -0.394. The first-order valence-electron chi connectivity index (χ1n) is 9.81. The Bertz CT molecular complexity index is 335. The fraction of sp³-hybridized carbons (Fsp3) is 0.950. The van der Waals surface area contributed by atoms with Crippen LogP contribution >= 0.6 is 0 Å². The molecule has 2 atom stereocenters. The second-order valence-corrected chi connectivity index (χ2v) is 8.36. The zero-order valence-corrected chi connectivity index (χ0v) is 16.2. The van der Waals surface area contributed by atoms with Crippen molar-refractivity contribution in [3.8, 4) is 0 Å². The molecule has 3 nitrogen and oxygen atoms in total. The van der Waals surface area contributed by atoms with Crippen LogP contribution in [0.1, 0.15) is 92.4 Å². The lowest BCUT2D eigenvalue weighted by Gasteiger charge is -2.37. The summed E-state index contributed by atoms with van der Waals surface area (Å²) in [6.07, 6.45) is 12.0. The Balaban J connectivity index is 2.19. The molecule has 1 aliphatic heterocycles. The van der Waals surface area contributed by atoms with Gasteiger partial charge in [0, 0.05) is 13.1 Å². The average molecular weight is 326 g/mol. The number of rotatable bonds is 8. The van der Waals surface area contributed by atoms with E-state index in [1.807, 2.05) is 25.7 Å². The molecule has 2 unspecified atom stereocenters. The van der Waals surface area contributed by atoms with E-state index in [4.69, 9.17) is 4.74 Å². The smallest absolute Gasteiger partial charge is 0.410 e. The van der Waals surface area contributed by atoms with E-state index < -0.39 is 5.60 Å². The van der Waals surface area contributed by atoms with Gasteiger partial charge in [0.15, 0.2) is 0 Å². The summed E-state index contributed by atoms with van der Waals surface area (Å²) >= 11 is 0. The van der Waals surface area contributed by atoms with Crippen LogP contribution in [0, 0.1) is 11.8 Å². The lowest BCUT2D eigenvalue weighted by Crippen LogP contribution is -2.45. The van der Waals surface area contributed by atoms with Crippen molar-refractivity contribution in [2.75, 3.05) is 13.1 Å². The zero-order chi connectivity index (χ0) is 17.3. The van der Waals surface area contributed by atoms with Crippen LogP contribution in [0.15, 0.2) is 0 Å². The molecule has 0 N–H and O–H groups in total. The first kappa shape index (κ1) is 20.3. The molecule has 0 aromatic carbocycles. The standard InChI is InChI=1S/C20H39NO2/c1-6-7-8-9-10-11-12-13-18-14-15-21(16-17(18)2)19(22)23-20(3,4)5/h17-18H,6-16H2,1-5H3. The quantitative estimate of drug-likeness (QED) is 0.511. The van der Waals surface area contributed by atoms with E-state index in [-0.39, 0.29) is 6.09 Å². The van der Waals surface area contributed by atoms with Crippen molar-refractivity contribution >= 4 is 6.09 Å². The molecule has 0 aromatic heterocycles. The van der Waals surface area contributed by atoms with Gasteiger partial charge in [-0.25, -0.2) is 4.79 Å². The maximum Gasteiger partial charge on any atom is 0.410 e. The van der Waals surface area contributed by atoms with Gasteiger partial charge in [-0.2, -0.15) is 0 Å². The van der Waals surface area contributed by atoms with E-state index in [0.29, 0.717) is 5.92 Å². The molecule has 23 heavy (non-hydrogen) atoms. The highest BCUT2D eigenvalue weighted by Crippen LogP contribution is 2.29. The maximum atomic E-state index is 12.2. The maximum absolute atomic E-state index is 12.2. The fourth-order valence-corrected chi connectivity index (χ4v) is 3.48. The summed E-state index contributed by atoms with van der Waals surface area (Å²) in [6, 6.07) is 0.